The van der Waals surface area contributed by atoms with Gasteiger partial charge in [0.25, 0.3) is 5.91 Å². The molecule has 0 spiro atoms. The molecule has 3 rings (SSSR count). The Labute approximate surface area is 174 Å². The SMILES string of the molecule is COCCN(C(=O)COc1ccccc1C)c1nc(-c2ccc(OC)cc2)cs1. The van der Waals surface area contributed by atoms with Gasteiger partial charge in [-0.05, 0) is 42.8 Å². The molecule has 0 aliphatic rings. The van der Waals surface area contributed by atoms with Crippen LogP contribution in [-0.2, 0) is 9.53 Å². The quantitative estimate of drug-likeness (QED) is 0.528. The molecule has 0 saturated carbocycles. The van der Waals surface area contributed by atoms with E-state index in [1.807, 2.05) is 60.8 Å². The minimum atomic E-state index is -0.166. The van der Waals surface area contributed by atoms with Crippen LogP contribution in [0, 0.1) is 6.92 Å². The second kappa shape index (κ2) is 10.0. The van der Waals surface area contributed by atoms with Gasteiger partial charge >= 0.3 is 0 Å². The highest BCUT2D eigenvalue weighted by Gasteiger charge is 2.20. The minimum absolute atomic E-state index is 0.0635. The van der Waals surface area contributed by atoms with Gasteiger partial charge in [0, 0.05) is 18.1 Å². The second-order valence-corrected chi connectivity index (χ2v) is 7.17. The predicted molar refractivity (Wildman–Crippen MR) is 115 cm³/mol. The largest absolute Gasteiger partial charge is 0.497 e. The van der Waals surface area contributed by atoms with Gasteiger partial charge in [-0.2, -0.15) is 0 Å². The smallest absolute Gasteiger partial charge is 0.266 e. The number of anilines is 1. The fourth-order valence-electron chi connectivity index (χ4n) is 2.73. The van der Waals surface area contributed by atoms with Gasteiger partial charge in [-0.25, -0.2) is 4.98 Å². The van der Waals surface area contributed by atoms with Crippen LogP contribution < -0.4 is 14.4 Å². The standard InChI is InChI=1S/C22H24N2O4S/c1-16-6-4-5-7-20(16)28-14-21(25)24(12-13-26-2)22-23-19(15-29-22)17-8-10-18(27-3)11-9-17/h4-11,15H,12-14H2,1-3H3. The Morgan fingerprint density at radius 3 is 2.55 bits per heavy atom. The molecule has 0 atom stereocenters. The Hall–Kier alpha value is -2.90. The van der Waals surface area contributed by atoms with Gasteiger partial charge < -0.3 is 14.2 Å². The number of amides is 1. The van der Waals surface area contributed by atoms with E-state index in [0.29, 0.717) is 24.0 Å². The van der Waals surface area contributed by atoms with E-state index in [9.17, 15) is 4.79 Å². The second-order valence-electron chi connectivity index (χ2n) is 6.34. The predicted octanol–water partition coefficient (Wildman–Crippen LogP) is 4.19. The lowest BCUT2D eigenvalue weighted by atomic mass is 10.2. The topological polar surface area (TPSA) is 60.9 Å². The van der Waals surface area contributed by atoms with E-state index in [0.717, 1.165) is 22.6 Å². The zero-order valence-electron chi connectivity index (χ0n) is 16.8. The number of thiazole rings is 1. The molecule has 2 aromatic carbocycles. The molecule has 1 heterocycles. The van der Waals surface area contributed by atoms with E-state index in [2.05, 4.69) is 4.98 Å². The first-order valence-electron chi connectivity index (χ1n) is 9.20. The summed E-state index contributed by atoms with van der Waals surface area (Å²) in [6.07, 6.45) is 0. The molecule has 1 aromatic heterocycles. The summed E-state index contributed by atoms with van der Waals surface area (Å²) in [4.78, 5) is 19.1. The summed E-state index contributed by atoms with van der Waals surface area (Å²) >= 11 is 1.42. The van der Waals surface area contributed by atoms with Crippen molar-refractivity contribution in [3.05, 3.63) is 59.5 Å². The van der Waals surface area contributed by atoms with Crippen molar-refractivity contribution in [2.24, 2.45) is 0 Å². The van der Waals surface area contributed by atoms with Crippen LogP contribution in [-0.4, -0.2) is 44.9 Å². The normalized spacial score (nSPS) is 10.6. The van der Waals surface area contributed by atoms with Gasteiger partial charge in [0.1, 0.15) is 11.5 Å². The molecule has 0 aliphatic heterocycles. The number of hydrogen-bond acceptors (Lipinski definition) is 6. The Bertz CT molecular complexity index is 940. The first kappa shape index (κ1) is 20.8. The average Bonchev–Trinajstić information content (AvgIpc) is 3.23. The van der Waals surface area contributed by atoms with Gasteiger partial charge in [0.2, 0.25) is 0 Å². The molecule has 29 heavy (non-hydrogen) atoms. The summed E-state index contributed by atoms with van der Waals surface area (Å²) < 4.78 is 16.1. The van der Waals surface area contributed by atoms with Crippen LogP contribution in [0.25, 0.3) is 11.3 Å². The van der Waals surface area contributed by atoms with E-state index in [1.54, 1.807) is 19.1 Å². The monoisotopic (exact) mass is 412 g/mol. The summed E-state index contributed by atoms with van der Waals surface area (Å²) in [7, 11) is 3.24. The van der Waals surface area contributed by atoms with Crippen molar-refractivity contribution in [3.63, 3.8) is 0 Å². The third-order valence-corrected chi connectivity index (χ3v) is 5.24. The zero-order chi connectivity index (χ0) is 20.6. The summed E-state index contributed by atoms with van der Waals surface area (Å²) in [6.45, 7) is 2.70. The number of carbonyl (C=O) groups is 1. The molecular formula is C22H24N2O4S. The molecule has 0 fully saturated rings. The van der Waals surface area contributed by atoms with Crippen molar-refractivity contribution in [2.75, 3.05) is 38.9 Å². The molecule has 6 nitrogen and oxygen atoms in total. The molecule has 1 amide bonds. The van der Waals surface area contributed by atoms with Crippen LogP contribution in [0.15, 0.2) is 53.9 Å². The van der Waals surface area contributed by atoms with Gasteiger partial charge in [-0.1, -0.05) is 18.2 Å². The molecule has 152 valence electrons. The lowest BCUT2D eigenvalue weighted by Gasteiger charge is -2.20. The van der Waals surface area contributed by atoms with Crippen LogP contribution in [0.3, 0.4) is 0 Å². The Morgan fingerprint density at radius 1 is 1.10 bits per heavy atom. The molecule has 0 aliphatic carbocycles. The van der Waals surface area contributed by atoms with Crippen molar-refractivity contribution >= 4 is 22.4 Å². The third kappa shape index (κ3) is 5.34. The van der Waals surface area contributed by atoms with Gasteiger partial charge in [0.05, 0.1) is 26.0 Å². The molecule has 0 unspecified atom stereocenters. The van der Waals surface area contributed by atoms with Crippen LogP contribution in [0.1, 0.15) is 5.56 Å². The molecule has 0 bridgehead atoms. The number of aromatic nitrogens is 1. The van der Waals surface area contributed by atoms with Crippen molar-refractivity contribution in [1.82, 2.24) is 4.98 Å². The maximum absolute atomic E-state index is 12.9. The van der Waals surface area contributed by atoms with Crippen molar-refractivity contribution in [3.8, 4) is 22.8 Å². The Balaban J connectivity index is 1.74. The first-order chi connectivity index (χ1) is 14.1. The van der Waals surface area contributed by atoms with E-state index < -0.39 is 0 Å². The number of rotatable bonds is 9. The number of aryl methyl sites for hydroxylation is 1. The molecule has 0 radical (unpaired) electrons. The fourth-order valence-corrected chi connectivity index (χ4v) is 3.61. The average molecular weight is 413 g/mol. The number of nitrogens with zero attached hydrogens (tertiary/aromatic N) is 2. The van der Waals surface area contributed by atoms with Gasteiger partial charge in [-0.15, -0.1) is 11.3 Å². The number of ether oxygens (including phenoxy) is 3. The number of para-hydroxylation sites is 1. The van der Waals surface area contributed by atoms with Crippen molar-refractivity contribution in [2.45, 2.75) is 6.92 Å². The van der Waals surface area contributed by atoms with Crippen LogP contribution in [0.4, 0.5) is 5.13 Å². The third-order valence-electron chi connectivity index (χ3n) is 4.37. The highest BCUT2D eigenvalue weighted by molar-refractivity contribution is 7.14. The summed E-state index contributed by atoms with van der Waals surface area (Å²) in [5.74, 6) is 1.32. The van der Waals surface area contributed by atoms with E-state index >= 15 is 0 Å². The van der Waals surface area contributed by atoms with Crippen LogP contribution in [0.2, 0.25) is 0 Å². The van der Waals surface area contributed by atoms with Gasteiger partial charge in [0.15, 0.2) is 11.7 Å². The van der Waals surface area contributed by atoms with Crippen molar-refractivity contribution in [1.29, 1.82) is 0 Å². The first-order valence-corrected chi connectivity index (χ1v) is 10.1. The van der Waals surface area contributed by atoms with Gasteiger partial charge in [-0.3, -0.25) is 9.69 Å². The number of benzene rings is 2. The lowest BCUT2D eigenvalue weighted by molar-refractivity contribution is -0.120. The molecule has 0 saturated heterocycles. The highest BCUT2D eigenvalue weighted by atomic mass is 32.1. The maximum atomic E-state index is 12.9. The summed E-state index contributed by atoms with van der Waals surface area (Å²) in [5.41, 5.74) is 2.76. The molecule has 7 heteroatoms. The van der Waals surface area contributed by atoms with E-state index in [1.165, 1.54) is 11.3 Å². The maximum Gasteiger partial charge on any atom is 0.266 e. The molecule has 0 N–H and O–H groups in total. The van der Waals surface area contributed by atoms with Crippen molar-refractivity contribution < 1.29 is 19.0 Å². The minimum Gasteiger partial charge on any atom is -0.497 e. The summed E-state index contributed by atoms with van der Waals surface area (Å²) in [6, 6.07) is 15.3. The fraction of sp³-hybridized carbons (Fsp3) is 0.273. The number of carbonyl (C=O) groups excluding carboxylic acids is 1. The Kier molecular flexibility index (Phi) is 7.21. The molecule has 3 aromatic rings. The lowest BCUT2D eigenvalue weighted by Crippen LogP contribution is -2.37. The van der Waals surface area contributed by atoms with E-state index in [-0.39, 0.29) is 12.5 Å². The highest BCUT2D eigenvalue weighted by Crippen LogP contribution is 2.29. The van der Waals surface area contributed by atoms with E-state index in [4.69, 9.17) is 14.2 Å². The zero-order valence-corrected chi connectivity index (χ0v) is 17.6. The Morgan fingerprint density at radius 2 is 1.86 bits per heavy atom. The molecular weight excluding hydrogens is 388 g/mol. The number of hydrogen-bond donors (Lipinski definition) is 0. The van der Waals surface area contributed by atoms with Crippen LogP contribution in [0.5, 0.6) is 11.5 Å². The summed E-state index contributed by atoms with van der Waals surface area (Å²) in [5, 5.41) is 2.55. The van der Waals surface area contributed by atoms with Crippen LogP contribution >= 0.6 is 11.3 Å². The number of methoxy groups -OCH3 is 2.